The van der Waals surface area contributed by atoms with Gasteiger partial charge in [0.05, 0.1) is 0 Å². The molecule has 0 N–H and O–H groups in total. The van der Waals surface area contributed by atoms with Gasteiger partial charge in [-0.05, 0) is 49.4 Å². The molecule has 0 heterocycles. The molecule has 2 rings (SSSR count). The Hall–Kier alpha value is -0.470. The van der Waals surface area contributed by atoms with Crippen LogP contribution in [0.2, 0.25) is 0 Å². The Morgan fingerprint density at radius 3 is 2.67 bits per heavy atom. The fraction of sp³-hybridized carbons (Fsp3) is 0.538. The highest BCUT2D eigenvalue weighted by Gasteiger charge is 2.09. The Bertz CT molecular complexity index is 335. The molecule has 0 bridgehead atoms. The third-order valence-corrected chi connectivity index (χ3v) is 3.59. The second-order valence-corrected chi connectivity index (χ2v) is 4.75. The average molecular weight is 221 g/mol. The van der Waals surface area contributed by atoms with Gasteiger partial charge in [-0.2, -0.15) is 12.6 Å². The molecule has 0 saturated carbocycles. The minimum absolute atomic E-state index is 0.817. The Kier molecular flexibility index (Phi) is 3.71. The third kappa shape index (κ3) is 2.76. The summed E-state index contributed by atoms with van der Waals surface area (Å²) >= 11 is 4.27. The molecular formula is C13H19NS. The molecule has 0 radical (unpaired) electrons. The lowest BCUT2D eigenvalue weighted by Gasteiger charge is -2.18. The zero-order valence-electron chi connectivity index (χ0n) is 9.37. The van der Waals surface area contributed by atoms with Crippen molar-refractivity contribution in [2.45, 2.75) is 32.2 Å². The summed E-state index contributed by atoms with van der Waals surface area (Å²) in [7, 11) is 2.10. The van der Waals surface area contributed by atoms with E-state index >= 15 is 0 Å². The maximum Gasteiger partial charge on any atom is 0.0414 e. The molecule has 1 aliphatic rings. The van der Waals surface area contributed by atoms with Crippen LogP contribution < -0.4 is 0 Å². The first-order chi connectivity index (χ1) is 7.29. The first-order valence-corrected chi connectivity index (χ1v) is 6.33. The molecule has 1 aromatic rings. The Morgan fingerprint density at radius 2 is 1.93 bits per heavy atom. The number of aryl methyl sites for hydroxylation is 2. The molecule has 0 saturated heterocycles. The van der Waals surface area contributed by atoms with E-state index in [2.05, 4.69) is 42.8 Å². The van der Waals surface area contributed by atoms with Crippen LogP contribution in [0.3, 0.4) is 0 Å². The largest absolute Gasteiger partial charge is 0.293 e. The van der Waals surface area contributed by atoms with Crippen molar-refractivity contribution < 1.29 is 0 Å². The molecule has 0 spiro atoms. The van der Waals surface area contributed by atoms with Gasteiger partial charge in [0.15, 0.2) is 0 Å². The number of fused-ring (bicyclic) bond motifs is 1. The fourth-order valence-electron chi connectivity index (χ4n) is 2.25. The lowest BCUT2D eigenvalue weighted by molar-refractivity contribution is 0.387. The van der Waals surface area contributed by atoms with Crippen LogP contribution >= 0.6 is 12.6 Å². The zero-order chi connectivity index (χ0) is 10.7. The van der Waals surface area contributed by atoms with Crippen LogP contribution in [0.5, 0.6) is 0 Å². The number of hydrogen-bond acceptors (Lipinski definition) is 2. The second kappa shape index (κ2) is 5.04. The van der Waals surface area contributed by atoms with E-state index in [1.807, 2.05) is 0 Å². The number of benzene rings is 1. The third-order valence-electron chi connectivity index (χ3n) is 3.11. The number of hydrogen-bond donors (Lipinski definition) is 1. The smallest absolute Gasteiger partial charge is 0.0414 e. The summed E-state index contributed by atoms with van der Waals surface area (Å²) in [5.74, 6) is 0.817. The number of rotatable bonds is 3. The van der Waals surface area contributed by atoms with Gasteiger partial charge >= 0.3 is 0 Å². The topological polar surface area (TPSA) is 3.24 Å². The van der Waals surface area contributed by atoms with Crippen LogP contribution in [-0.4, -0.2) is 17.8 Å². The van der Waals surface area contributed by atoms with Gasteiger partial charge in [0.2, 0.25) is 0 Å². The SMILES string of the molecule is CN(CS)Cc1ccc2c(c1)CCCC2. The van der Waals surface area contributed by atoms with E-state index in [0.29, 0.717) is 0 Å². The molecular weight excluding hydrogens is 202 g/mol. The predicted molar refractivity (Wildman–Crippen MR) is 68.4 cm³/mol. The summed E-state index contributed by atoms with van der Waals surface area (Å²) in [6, 6.07) is 6.97. The van der Waals surface area contributed by atoms with Crippen molar-refractivity contribution in [3.63, 3.8) is 0 Å². The molecule has 1 aromatic carbocycles. The summed E-state index contributed by atoms with van der Waals surface area (Å²) in [5, 5.41) is 0. The van der Waals surface area contributed by atoms with Crippen molar-refractivity contribution in [1.29, 1.82) is 0 Å². The molecule has 0 unspecified atom stereocenters. The highest BCUT2D eigenvalue weighted by molar-refractivity contribution is 7.80. The summed E-state index contributed by atoms with van der Waals surface area (Å²) < 4.78 is 0. The summed E-state index contributed by atoms with van der Waals surface area (Å²) in [5.41, 5.74) is 4.57. The molecule has 1 nitrogen and oxygen atoms in total. The average Bonchev–Trinajstić information content (AvgIpc) is 2.29. The van der Waals surface area contributed by atoms with Crippen molar-refractivity contribution >= 4 is 12.6 Å². The van der Waals surface area contributed by atoms with E-state index in [1.165, 1.54) is 31.2 Å². The van der Waals surface area contributed by atoms with Gasteiger partial charge in [-0.3, -0.25) is 4.90 Å². The van der Waals surface area contributed by atoms with Gasteiger partial charge in [0, 0.05) is 12.4 Å². The maximum absolute atomic E-state index is 4.27. The van der Waals surface area contributed by atoms with Gasteiger partial charge in [-0.15, -0.1) is 0 Å². The Labute approximate surface area is 97.9 Å². The summed E-state index contributed by atoms with van der Waals surface area (Å²) in [6.07, 6.45) is 5.27. The lowest BCUT2D eigenvalue weighted by Crippen LogP contribution is -2.16. The molecule has 0 fully saturated rings. The first kappa shape index (κ1) is 11.0. The van der Waals surface area contributed by atoms with E-state index in [4.69, 9.17) is 0 Å². The Morgan fingerprint density at radius 1 is 1.20 bits per heavy atom. The van der Waals surface area contributed by atoms with Crippen molar-refractivity contribution in [3.8, 4) is 0 Å². The van der Waals surface area contributed by atoms with Gasteiger partial charge in [-0.25, -0.2) is 0 Å². The van der Waals surface area contributed by atoms with E-state index in [9.17, 15) is 0 Å². The monoisotopic (exact) mass is 221 g/mol. The first-order valence-electron chi connectivity index (χ1n) is 5.69. The molecule has 1 aliphatic carbocycles. The molecule has 0 amide bonds. The normalized spacial score (nSPS) is 15.4. The number of thiol groups is 1. The zero-order valence-corrected chi connectivity index (χ0v) is 10.3. The highest BCUT2D eigenvalue weighted by Crippen LogP contribution is 2.22. The van der Waals surface area contributed by atoms with E-state index < -0.39 is 0 Å². The highest BCUT2D eigenvalue weighted by atomic mass is 32.1. The molecule has 0 aliphatic heterocycles. The van der Waals surface area contributed by atoms with Crippen LogP contribution in [0.25, 0.3) is 0 Å². The van der Waals surface area contributed by atoms with Crippen molar-refractivity contribution in [2.24, 2.45) is 0 Å². The predicted octanol–water partition coefficient (Wildman–Crippen LogP) is 2.88. The molecule has 82 valence electrons. The molecule has 0 atom stereocenters. The minimum atomic E-state index is 0.817. The number of nitrogens with zero attached hydrogens (tertiary/aromatic N) is 1. The van der Waals surface area contributed by atoms with Crippen LogP contribution in [0.1, 0.15) is 29.5 Å². The van der Waals surface area contributed by atoms with E-state index in [0.717, 1.165) is 12.4 Å². The fourth-order valence-corrected chi connectivity index (χ4v) is 2.35. The van der Waals surface area contributed by atoms with Crippen LogP contribution in [0.15, 0.2) is 18.2 Å². The Balaban J connectivity index is 2.13. The molecule has 0 aromatic heterocycles. The van der Waals surface area contributed by atoms with Crippen molar-refractivity contribution in [3.05, 3.63) is 34.9 Å². The van der Waals surface area contributed by atoms with Crippen molar-refractivity contribution in [1.82, 2.24) is 4.90 Å². The standard InChI is InChI=1S/C13H19NS/c1-14(10-15)9-11-6-7-12-4-2-3-5-13(12)8-11/h6-8,15H,2-5,9-10H2,1H3. The van der Waals surface area contributed by atoms with Crippen LogP contribution in [0, 0.1) is 0 Å². The lowest BCUT2D eigenvalue weighted by atomic mass is 9.90. The summed E-state index contributed by atoms with van der Waals surface area (Å²) in [4.78, 5) is 2.22. The van der Waals surface area contributed by atoms with E-state index in [-0.39, 0.29) is 0 Å². The molecule has 15 heavy (non-hydrogen) atoms. The maximum atomic E-state index is 4.27. The van der Waals surface area contributed by atoms with Gasteiger partial charge in [0.25, 0.3) is 0 Å². The van der Waals surface area contributed by atoms with Gasteiger partial charge in [-0.1, -0.05) is 18.2 Å². The van der Waals surface area contributed by atoms with Crippen LogP contribution in [-0.2, 0) is 19.4 Å². The van der Waals surface area contributed by atoms with Crippen molar-refractivity contribution in [2.75, 3.05) is 12.9 Å². The summed E-state index contributed by atoms with van der Waals surface area (Å²) in [6.45, 7) is 1.01. The minimum Gasteiger partial charge on any atom is -0.293 e. The van der Waals surface area contributed by atoms with E-state index in [1.54, 1.807) is 11.1 Å². The van der Waals surface area contributed by atoms with Gasteiger partial charge in [0.1, 0.15) is 0 Å². The quantitative estimate of drug-likeness (QED) is 0.607. The van der Waals surface area contributed by atoms with Crippen LogP contribution in [0.4, 0.5) is 0 Å². The molecule has 2 heteroatoms. The second-order valence-electron chi connectivity index (χ2n) is 4.47. The van der Waals surface area contributed by atoms with Gasteiger partial charge < -0.3 is 0 Å².